The number of pyridine rings is 1. The third kappa shape index (κ3) is 2.68. The molecule has 0 amide bonds. The Morgan fingerprint density at radius 1 is 1.22 bits per heavy atom. The predicted molar refractivity (Wildman–Crippen MR) is 70.7 cm³/mol. The molecule has 0 aliphatic rings. The summed E-state index contributed by atoms with van der Waals surface area (Å²) in [6.45, 7) is 1.87. The predicted octanol–water partition coefficient (Wildman–Crippen LogP) is 1.95. The first kappa shape index (κ1) is 12.6. The average molecular weight is 262 g/mol. The monoisotopic (exact) mass is 262 g/mol. The molecule has 0 saturated carbocycles. The highest BCUT2D eigenvalue weighted by Crippen LogP contribution is 2.22. The summed E-state index contributed by atoms with van der Waals surface area (Å²) < 4.78 is 24.4. The van der Waals surface area contributed by atoms with Gasteiger partial charge in [-0.25, -0.2) is 8.42 Å². The Kier molecular flexibility index (Phi) is 3.34. The molecule has 0 atom stereocenters. The van der Waals surface area contributed by atoms with Crippen LogP contribution in [0, 0.1) is 6.92 Å². The van der Waals surface area contributed by atoms with Crippen LogP contribution >= 0.6 is 0 Å². The lowest BCUT2D eigenvalue weighted by Crippen LogP contribution is -2.09. The summed E-state index contributed by atoms with van der Waals surface area (Å²) in [6.07, 6.45) is 1.57. The molecule has 2 rings (SSSR count). The van der Waals surface area contributed by atoms with Crippen LogP contribution in [-0.4, -0.2) is 13.4 Å². The Morgan fingerprint density at radius 2 is 2.00 bits per heavy atom. The van der Waals surface area contributed by atoms with Gasteiger partial charge in [0.15, 0.2) is 9.84 Å². The molecule has 0 radical (unpaired) electrons. The van der Waals surface area contributed by atoms with Gasteiger partial charge in [-0.15, -0.1) is 0 Å². The molecule has 2 aromatic rings. The fraction of sp³-hybridized carbons (Fsp3) is 0.154. The Labute approximate surface area is 106 Å². The fourth-order valence-electron chi connectivity index (χ4n) is 1.71. The Hall–Kier alpha value is -1.88. The average Bonchev–Trinajstić information content (AvgIpc) is 2.29. The number of sulfone groups is 1. The van der Waals surface area contributed by atoms with E-state index in [-0.39, 0.29) is 16.3 Å². The minimum absolute atomic E-state index is 0.138. The first-order valence-electron chi connectivity index (χ1n) is 5.48. The van der Waals surface area contributed by atoms with E-state index in [0.717, 1.165) is 5.56 Å². The lowest BCUT2D eigenvalue weighted by Gasteiger charge is -2.07. The van der Waals surface area contributed by atoms with Crippen LogP contribution in [0.2, 0.25) is 0 Å². The highest BCUT2D eigenvalue weighted by atomic mass is 32.2. The zero-order valence-electron chi connectivity index (χ0n) is 10.00. The smallest absolute Gasteiger partial charge is 0.186 e. The summed E-state index contributed by atoms with van der Waals surface area (Å²) in [6, 6.07) is 10.1. The number of aryl methyl sites for hydroxylation is 1. The second kappa shape index (κ2) is 4.78. The normalized spacial score (nSPS) is 11.4. The lowest BCUT2D eigenvalue weighted by atomic mass is 10.2. The van der Waals surface area contributed by atoms with Gasteiger partial charge in [-0.2, -0.15) is 0 Å². The van der Waals surface area contributed by atoms with Gasteiger partial charge in [0, 0.05) is 6.20 Å². The summed E-state index contributed by atoms with van der Waals surface area (Å²) in [5, 5.41) is 0. The Morgan fingerprint density at radius 3 is 2.61 bits per heavy atom. The molecule has 2 N–H and O–H groups in total. The molecular weight excluding hydrogens is 248 g/mol. The van der Waals surface area contributed by atoms with Crippen LogP contribution in [-0.2, 0) is 15.6 Å². The third-order valence-corrected chi connectivity index (χ3v) is 4.28. The van der Waals surface area contributed by atoms with E-state index in [9.17, 15) is 8.42 Å². The van der Waals surface area contributed by atoms with Crippen molar-refractivity contribution in [2.75, 3.05) is 5.73 Å². The van der Waals surface area contributed by atoms with E-state index >= 15 is 0 Å². The zero-order chi connectivity index (χ0) is 13.2. The molecule has 1 aromatic carbocycles. The second-order valence-electron chi connectivity index (χ2n) is 4.12. The number of benzene rings is 1. The maximum absolute atomic E-state index is 12.2. The molecule has 0 fully saturated rings. The van der Waals surface area contributed by atoms with Crippen molar-refractivity contribution in [3.8, 4) is 0 Å². The molecule has 4 nitrogen and oxygen atoms in total. The largest absolute Gasteiger partial charge is 0.398 e. The number of hydrogen-bond acceptors (Lipinski definition) is 4. The number of nitrogens with zero attached hydrogens (tertiary/aromatic N) is 1. The van der Waals surface area contributed by atoms with Crippen LogP contribution in [0.4, 0.5) is 5.69 Å². The molecule has 0 saturated heterocycles. The van der Waals surface area contributed by atoms with Gasteiger partial charge in [0.25, 0.3) is 0 Å². The number of rotatable bonds is 3. The maximum Gasteiger partial charge on any atom is 0.186 e. The minimum atomic E-state index is -3.45. The van der Waals surface area contributed by atoms with Gasteiger partial charge in [-0.1, -0.05) is 12.1 Å². The summed E-state index contributed by atoms with van der Waals surface area (Å²) in [7, 11) is -3.45. The van der Waals surface area contributed by atoms with E-state index in [1.807, 2.05) is 6.92 Å². The number of hydrogen-bond donors (Lipinski definition) is 1. The molecule has 0 bridgehead atoms. The quantitative estimate of drug-likeness (QED) is 0.858. The van der Waals surface area contributed by atoms with Gasteiger partial charge in [0.1, 0.15) is 0 Å². The highest BCUT2D eigenvalue weighted by Gasteiger charge is 2.18. The Bertz CT molecular complexity index is 652. The SMILES string of the molecule is Cc1ccc(S(=O)(=O)Cc2ccccn2)c(N)c1. The summed E-state index contributed by atoms with van der Waals surface area (Å²) >= 11 is 0. The van der Waals surface area contributed by atoms with E-state index in [1.165, 1.54) is 0 Å². The van der Waals surface area contributed by atoms with Crippen LogP contribution in [0.15, 0.2) is 47.5 Å². The summed E-state index contributed by atoms with van der Waals surface area (Å²) in [4.78, 5) is 4.18. The first-order valence-corrected chi connectivity index (χ1v) is 7.13. The lowest BCUT2D eigenvalue weighted by molar-refractivity contribution is 0.595. The van der Waals surface area contributed by atoms with Crippen LogP contribution in [0.25, 0.3) is 0 Å². The van der Waals surface area contributed by atoms with Crippen molar-refractivity contribution in [1.82, 2.24) is 4.98 Å². The number of nitrogens with two attached hydrogens (primary N) is 1. The van der Waals surface area contributed by atoms with Gasteiger partial charge in [-0.05, 0) is 36.8 Å². The maximum atomic E-state index is 12.2. The third-order valence-electron chi connectivity index (χ3n) is 2.56. The zero-order valence-corrected chi connectivity index (χ0v) is 10.8. The van der Waals surface area contributed by atoms with Gasteiger partial charge in [0.2, 0.25) is 0 Å². The van der Waals surface area contributed by atoms with Crippen molar-refractivity contribution < 1.29 is 8.42 Å². The van der Waals surface area contributed by atoms with Crippen LogP contribution < -0.4 is 5.73 Å². The van der Waals surface area contributed by atoms with Crippen LogP contribution in [0.1, 0.15) is 11.3 Å². The highest BCUT2D eigenvalue weighted by molar-refractivity contribution is 7.90. The fourth-order valence-corrected chi connectivity index (χ4v) is 3.12. The standard InChI is InChI=1S/C13H14N2O2S/c1-10-5-6-13(12(14)8-10)18(16,17)9-11-4-2-3-7-15-11/h2-8H,9,14H2,1H3. The van der Waals surface area contributed by atoms with Crippen molar-refractivity contribution in [3.63, 3.8) is 0 Å². The van der Waals surface area contributed by atoms with Crippen LogP contribution in [0.3, 0.4) is 0 Å². The van der Waals surface area contributed by atoms with E-state index in [0.29, 0.717) is 5.69 Å². The van der Waals surface area contributed by atoms with Crippen LogP contribution in [0.5, 0.6) is 0 Å². The molecule has 0 unspecified atom stereocenters. The Balaban J connectivity index is 2.37. The van der Waals surface area contributed by atoms with Crippen molar-refractivity contribution >= 4 is 15.5 Å². The summed E-state index contributed by atoms with van der Waals surface area (Å²) in [5.74, 6) is -0.138. The molecular formula is C13H14N2O2S. The van der Waals surface area contributed by atoms with Gasteiger partial charge < -0.3 is 5.73 Å². The first-order chi connectivity index (χ1) is 8.49. The molecule has 0 spiro atoms. The van der Waals surface area contributed by atoms with E-state index < -0.39 is 9.84 Å². The van der Waals surface area contributed by atoms with Crippen molar-refractivity contribution in [2.45, 2.75) is 17.6 Å². The molecule has 1 aromatic heterocycles. The van der Waals surface area contributed by atoms with Gasteiger partial charge in [0.05, 0.1) is 22.0 Å². The molecule has 18 heavy (non-hydrogen) atoms. The second-order valence-corrected chi connectivity index (χ2v) is 6.08. The minimum Gasteiger partial charge on any atom is -0.398 e. The van der Waals surface area contributed by atoms with Crippen molar-refractivity contribution in [1.29, 1.82) is 0 Å². The number of nitrogen functional groups attached to an aromatic ring is 1. The van der Waals surface area contributed by atoms with Gasteiger partial charge in [-0.3, -0.25) is 4.98 Å². The molecule has 5 heteroatoms. The number of anilines is 1. The van der Waals surface area contributed by atoms with E-state index in [4.69, 9.17) is 5.73 Å². The molecule has 1 heterocycles. The topological polar surface area (TPSA) is 73.0 Å². The van der Waals surface area contributed by atoms with Crippen molar-refractivity contribution in [3.05, 3.63) is 53.9 Å². The number of aromatic nitrogens is 1. The molecule has 0 aliphatic carbocycles. The molecule has 94 valence electrons. The van der Waals surface area contributed by atoms with Gasteiger partial charge >= 0.3 is 0 Å². The van der Waals surface area contributed by atoms with E-state index in [2.05, 4.69) is 4.98 Å². The molecule has 0 aliphatic heterocycles. The van der Waals surface area contributed by atoms with E-state index in [1.54, 1.807) is 42.6 Å². The van der Waals surface area contributed by atoms with Crippen molar-refractivity contribution in [2.24, 2.45) is 0 Å². The summed E-state index contributed by atoms with van der Waals surface area (Å²) in [5.41, 5.74) is 7.49.